The molecule has 108 valence electrons. The van der Waals surface area contributed by atoms with E-state index in [1.165, 1.54) is 10.5 Å². The Morgan fingerprint density at radius 1 is 1.45 bits per heavy atom. The molecular formula is C13H17N3O3S. The van der Waals surface area contributed by atoms with Crippen LogP contribution < -0.4 is 0 Å². The number of morpholine rings is 1. The first-order valence-electron chi connectivity index (χ1n) is 6.57. The summed E-state index contributed by atoms with van der Waals surface area (Å²) >= 11 is 0. The van der Waals surface area contributed by atoms with Gasteiger partial charge in [0.2, 0.25) is 10.0 Å². The molecule has 20 heavy (non-hydrogen) atoms. The Hall–Kier alpha value is -1.44. The van der Waals surface area contributed by atoms with Crippen LogP contribution in [0.15, 0.2) is 29.4 Å². The second-order valence-electron chi connectivity index (χ2n) is 4.98. The summed E-state index contributed by atoms with van der Waals surface area (Å²) in [6.07, 6.45) is 3.04. The van der Waals surface area contributed by atoms with Crippen molar-refractivity contribution in [3.63, 3.8) is 0 Å². The van der Waals surface area contributed by atoms with Gasteiger partial charge in [-0.1, -0.05) is 0 Å². The molecule has 7 heteroatoms. The summed E-state index contributed by atoms with van der Waals surface area (Å²) in [6, 6.07) is 3.32. The van der Waals surface area contributed by atoms with E-state index in [0.29, 0.717) is 24.2 Å². The fourth-order valence-corrected chi connectivity index (χ4v) is 4.34. The van der Waals surface area contributed by atoms with Gasteiger partial charge in [0.25, 0.3) is 0 Å². The van der Waals surface area contributed by atoms with E-state index < -0.39 is 10.0 Å². The topological polar surface area (TPSA) is 75.3 Å². The molecule has 0 spiro atoms. The summed E-state index contributed by atoms with van der Waals surface area (Å²) in [5.74, 6) is 0. The third kappa shape index (κ3) is 2.02. The van der Waals surface area contributed by atoms with Crippen molar-refractivity contribution in [2.75, 3.05) is 13.2 Å². The van der Waals surface area contributed by atoms with E-state index >= 15 is 0 Å². The van der Waals surface area contributed by atoms with Crippen LogP contribution in [0, 0.1) is 0 Å². The molecule has 0 aromatic carbocycles. The molecule has 0 bridgehead atoms. The van der Waals surface area contributed by atoms with Gasteiger partial charge < -0.3 is 9.72 Å². The molecule has 3 rings (SSSR count). The summed E-state index contributed by atoms with van der Waals surface area (Å²) in [5.41, 5.74) is 0.583. The SMILES string of the molecule is C[C@@H]1[C@@H](C)OCCN1S(=O)(=O)c1c[nH]c2ncccc12. The Morgan fingerprint density at radius 3 is 3.05 bits per heavy atom. The molecule has 1 aliphatic heterocycles. The monoisotopic (exact) mass is 295 g/mol. The average molecular weight is 295 g/mol. The van der Waals surface area contributed by atoms with E-state index in [-0.39, 0.29) is 17.0 Å². The van der Waals surface area contributed by atoms with Crippen molar-refractivity contribution in [1.82, 2.24) is 14.3 Å². The largest absolute Gasteiger partial charge is 0.375 e. The number of aromatic amines is 1. The number of nitrogens with one attached hydrogen (secondary N) is 1. The van der Waals surface area contributed by atoms with Gasteiger partial charge in [0.05, 0.1) is 12.7 Å². The lowest BCUT2D eigenvalue weighted by atomic mass is 10.2. The van der Waals surface area contributed by atoms with E-state index in [1.807, 2.05) is 13.8 Å². The maximum Gasteiger partial charge on any atom is 0.245 e. The number of pyridine rings is 1. The Morgan fingerprint density at radius 2 is 2.25 bits per heavy atom. The number of fused-ring (bicyclic) bond motifs is 1. The van der Waals surface area contributed by atoms with E-state index in [0.717, 1.165) is 0 Å². The zero-order chi connectivity index (χ0) is 14.3. The normalized spacial score (nSPS) is 25.1. The van der Waals surface area contributed by atoms with E-state index in [2.05, 4.69) is 9.97 Å². The highest BCUT2D eigenvalue weighted by molar-refractivity contribution is 7.89. The molecule has 2 atom stereocenters. The van der Waals surface area contributed by atoms with Crippen LogP contribution in [0.1, 0.15) is 13.8 Å². The Kier molecular flexibility index (Phi) is 3.27. The van der Waals surface area contributed by atoms with Crippen LogP contribution in [0.25, 0.3) is 11.0 Å². The number of aromatic nitrogens is 2. The van der Waals surface area contributed by atoms with Gasteiger partial charge in [-0.3, -0.25) is 0 Å². The third-order valence-electron chi connectivity index (χ3n) is 3.83. The van der Waals surface area contributed by atoms with Crippen molar-refractivity contribution < 1.29 is 13.2 Å². The van der Waals surface area contributed by atoms with Crippen molar-refractivity contribution >= 4 is 21.1 Å². The molecule has 1 saturated heterocycles. The fourth-order valence-electron chi connectivity index (χ4n) is 2.52. The van der Waals surface area contributed by atoms with Gasteiger partial charge in [0.1, 0.15) is 10.5 Å². The standard InChI is InChI=1S/C13H17N3O3S/c1-9-10(2)19-7-6-16(9)20(17,18)12-8-15-13-11(12)4-3-5-14-13/h3-5,8-10H,6-7H2,1-2H3,(H,14,15)/t9-,10-/m1/s1. The molecule has 1 N–H and O–H groups in total. The van der Waals surface area contributed by atoms with Crippen LogP contribution in [-0.2, 0) is 14.8 Å². The van der Waals surface area contributed by atoms with Gasteiger partial charge in [-0.2, -0.15) is 4.31 Å². The lowest BCUT2D eigenvalue weighted by molar-refractivity contribution is -0.0231. The zero-order valence-electron chi connectivity index (χ0n) is 11.4. The maximum absolute atomic E-state index is 12.8. The molecule has 0 unspecified atom stereocenters. The first-order chi connectivity index (χ1) is 9.51. The minimum Gasteiger partial charge on any atom is -0.375 e. The van der Waals surface area contributed by atoms with Crippen LogP contribution in [0.3, 0.4) is 0 Å². The van der Waals surface area contributed by atoms with Gasteiger partial charge in [-0.05, 0) is 26.0 Å². The molecule has 6 nitrogen and oxygen atoms in total. The number of sulfonamides is 1. The van der Waals surface area contributed by atoms with E-state index in [1.54, 1.807) is 18.3 Å². The van der Waals surface area contributed by atoms with Gasteiger partial charge >= 0.3 is 0 Å². The highest BCUT2D eigenvalue weighted by atomic mass is 32.2. The molecule has 2 aromatic heterocycles. The summed E-state index contributed by atoms with van der Waals surface area (Å²) < 4.78 is 32.7. The van der Waals surface area contributed by atoms with Crippen LogP contribution in [-0.4, -0.2) is 48.0 Å². The molecule has 0 amide bonds. The first kappa shape index (κ1) is 13.5. The summed E-state index contributed by atoms with van der Waals surface area (Å²) in [5, 5.41) is 0.624. The second-order valence-corrected chi connectivity index (χ2v) is 6.84. The quantitative estimate of drug-likeness (QED) is 0.907. The van der Waals surface area contributed by atoms with Crippen LogP contribution in [0.5, 0.6) is 0 Å². The molecule has 3 heterocycles. The molecule has 1 fully saturated rings. The van der Waals surface area contributed by atoms with Crippen LogP contribution in [0.2, 0.25) is 0 Å². The van der Waals surface area contributed by atoms with E-state index in [9.17, 15) is 8.42 Å². The molecule has 0 saturated carbocycles. The molecule has 1 aliphatic rings. The number of hydrogen-bond acceptors (Lipinski definition) is 4. The minimum atomic E-state index is -3.55. The highest BCUT2D eigenvalue weighted by Gasteiger charge is 2.36. The summed E-state index contributed by atoms with van der Waals surface area (Å²) in [4.78, 5) is 7.32. The number of H-pyrrole nitrogens is 1. The zero-order valence-corrected chi connectivity index (χ0v) is 12.2. The third-order valence-corrected chi connectivity index (χ3v) is 5.85. The molecule has 2 aromatic rings. The van der Waals surface area contributed by atoms with E-state index in [4.69, 9.17) is 4.74 Å². The number of nitrogens with zero attached hydrogens (tertiary/aromatic N) is 2. The average Bonchev–Trinajstić information content (AvgIpc) is 2.86. The minimum absolute atomic E-state index is 0.109. The molecular weight excluding hydrogens is 278 g/mol. The predicted molar refractivity (Wildman–Crippen MR) is 74.9 cm³/mol. The van der Waals surface area contributed by atoms with Gasteiger partial charge in [0, 0.05) is 30.4 Å². The first-order valence-corrected chi connectivity index (χ1v) is 8.01. The highest BCUT2D eigenvalue weighted by Crippen LogP contribution is 2.28. The second kappa shape index (κ2) is 4.83. The molecule has 0 aliphatic carbocycles. The Balaban J connectivity index is 2.08. The summed E-state index contributed by atoms with van der Waals surface area (Å²) in [7, 11) is -3.55. The smallest absolute Gasteiger partial charge is 0.245 e. The van der Waals surface area contributed by atoms with Gasteiger partial charge in [-0.15, -0.1) is 0 Å². The lowest BCUT2D eigenvalue weighted by Gasteiger charge is -2.36. The number of rotatable bonds is 2. The fraction of sp³-hybridized carbons (Fsp3) is 0.462. The van der Waals surface area contributed by atoms with Crippen LogP contribution >= 0.6 is 0 Å². The summed E-state index contributed by atoms with van der Waals surface area (Å²) in [6.45, 7) is 4.56. The van der Waals surface area contributed by atoms with Crippen molar-refractivity contribution in [2.24, 2.45) is 0 Å². The van der Waals surface area contributed by atoms with Crippen molar-refractivity contribution in [1.29, 1.82) is 0 Å². The number of ether oxygens (including phenoxy) is 1. The Labute approximate surface area is 117 Å². The lowest BCUT2D eigenvalue weighted by Crippen LogP contribution is -2.50. The maximum atomic E-state index is 12.8. The van der Waals surface area contributed by atoms with Crippen molar-refractivity contribution in [3.8, 4) is 0 Å². The van der Waals surface area contributed by atoms with Crippen LogP contribution in [0.4, 0.5) is 0 Å². The van der Waals surface area contributed by atoms with Crippen molar-refractivity contribution in [3.05, 3.63) is 24.5 Å². The number of hydrogen-bond donors (Lipinski definition) is 1. The molecule has 0 radical (unpaired) electrons. The van der Waals surface area contributed by atoms with Gasteiger partial charge in [0.15, 0.2) is 0 Å². The Bertz CT molecular complexity index is 725. The van der Waals surface area contributed by atoms with Crippen molar-refractivity contribution in [2.45, 2.75) is 30.9 Å². The van der Waals surface area contributed by atoms with Gasteiger partial charge in [-0.25, -0.2) is 13.4 Å². The predicted octanol–water partition coefficient (Wildman–Crippen LogP) is 1.36.